The van der Waals surface area contributed by atoms with Crippen molar-refractivity contribution in [2.24, 2.45) is 0 Å². The Balaban J connectivity index is 1.13. The summed E-state index contributed by atoms with van der Waals surface area (Å²) >= 11 is 0. The number of hydrogen-bond donors (Lipinski definition) is 1. The van der Waals surface area contributed by atoms with Crippen molar-refractivity contribution in [1.29, 1.82) is 0 Å². The lowest BCUT2D eigenvalue weighted by molar-refractivity contribution is -0.119. The molecule has 2 aliphatic rings. The highest BCUT2D eigenvalue weighted by atomic mass is 16.2. The minimum Gasteiger partial charge on any atom is -0.338 e. The van der Waals surface area contributed by atoms with E-state index in [9.17, 15) is 9.59 Å². The Morgan fingerprint density at radius 2 is 1.63 bits per heavy atom. The average molecular weight is 514 g/mol. The second-order valence-corrected chi connectivity index (χ2v) is 10.7. The van der Waals surface area contributed by atoms with Gasteiger partial charge >= 0.3 is 0 Å². The Labute approximate surface area is 225 Å². The van der Waals surface area contributed by atoms with Crippen molar-refractivity contribution >= 4 is 17.5 Å². The van der Waals surface area contributed by atoms with Gasteiger partial charge in [-0.15, -0.1) is 0 Å². The molecule has 1 N–H and O–H groups in total. The number of aryl methyl sites for hydroxylation is 1. The highest BCUT2D eigenvalue weighted by molar-refractivity contribution is 5.95. The number of anilines is 1. The van der Waals surface area contributed by atoms with Crippen LogP contribution in [0.3, 0.4) is 0 Å². The second-order valence-electron chi connectivity index (χ2n) is 10.7. The maximum absolute atomic E-state index is 13.2. The van der Waals surface area contributed by atoms with Crippen LogP contribution in [0.2, 0.25) is 0 Å². The van der Waals surface area contributed by atoms with Gasteiger partial charge in [0, 0.05) is 24.8 Å². The molecule has 0 unspecified atom stereocenters. The van der Waals surface area contributed by atoms with E-state index in [4.69, 9.17) is 0 Å². The third-order valence-corrected chi connectivity index (χ3v) is 8.06. The molecule has 7 nitrogen and oxygen atoms in total. The van der Waals surface area contributed by atoms with Crippen LogP contribution in [0.15, 0.2) is 60.9 Å². The zero-order valence-corrected chi connectivity index (χ0v) is 22.6. The molecule has 1 atom stereocenters. The number of amides is 2. The number of nitrogens with one attached hydrogen (secondary N) is 1. The topological polar surface area (TPSA) is 70.5 Å². The fourth-order valence-corrected chi connectivity index (χ4v) is 5.64. The Hall–Kier alpha value is -3.45. The minimum atomic E-state index is -0.0576. The van der Waals surface area contributed by atoms with E-state index in [0.29, 0.717) is 13.1 Å². The summed E-state index contributed by atoms with van der Waals surface area (Å²) in [5.41, 5.74) is 5.15. The number of carbonyl (C=O) groups is 2. The Morgan fingerprint density at radius 3 is 2.26 bits per heavy atom. The van der Waals surface area contributed by atoms with Crippen molar-refractivity contribution in [3.63, 3.8) is 0 Å². The van der Waals surface area contributed by atoms with Gasteiger partial charge in [-0.2, -0.15) is 5.10 Å². The van der Waals surface area contributed by atoms with Gasteiger partial charge in [0.2, 0.25) is 5.91 Å². The molecule has 2 aromatic carbocycles. The zero-order chi connectivity index (χ0) is 26.5. The van der Waals surface area contributed by atoms with E-state index in [-0.39, 0.29) is 23.9 Å². The number of rotatable bonds is 8. The molecule has 7 heteroatoms. The lowest BCUT2D eigenvalue weighted by atomic mass is 10.00. The summed E-state index contributed by atoms with van der Waals surface area (Å²) in [6.07, 6.45) is 10.8. The Kier molecular flexibility index (Phi) is 8.23. The van der Waals surface area contributed by atoms with Gasteiger partial charge < -0.3 is 10.2 Å². The highest BCUT2D eigenvalue weighted by Crippen LogP contribution is 2.26. The van der Waals surface area contributed by atoms with E-state index in [1.165, 1.54) is 24.0 Å². The van der Waals surface area contributed by atoms with E-state index in [1.54, 1.807) is 6.20 Å². The molecule has 0 spiro atoms. The van der Waals surface area contributed by atoms with Crippen LogP contribution in [0.5, 0.6) is 0 Å². The predicted octanol–water partition coefficient (Wildman–Crippen LogP) is 5.40. The number of aromatic nitrogens is 2. The Bertz CT molecular complexity index is 1230. The average Bonchev–Trinajstić information content (AvgIpc) is 3.61. The number of unbranched alkanes of at least 4 members (excludes halogenated alkanes) is 1. The maximum Gasteiger partial charge on any atom is 0.253 e. The minimum absolute atomic E-state index is 0.0416. The summed E-state index contributed by atoms with van der Waals surface area (Å²) in [5.74, 6) is 0.124. The van der Waals surface area contributed by atoms with Crippen molar-refractivity contribution in [3.8, 4) is 11.1 Å². The van der Waals surface area contributed by atoms with Gasteiger partial charge in [-0.25, -0.2) is 0 Å². The summed E-state index contributed by atoms with van der Waals surface area (Å²) in [7, 11) is 2.00. The molecule has 2 aliphatic heterocycles. The molecular weight excluding hydrogens is 474 g/mol. The van der Waals surface area contributed by atoms with Crippen molar-refractivity contribution in [1.82, 2.24) is 19.6 Å². The standard InChI is InChI=1S/C31H39N5O2/c1-3-4-6-23-8-10-24(11-9-23)25-12-14-26(15-13-25)31(38)35-19-16-28(17-20-35)36-22-27(21-32-36)33-30(37)29-7-5-18-34(29)2/h8-15,21-22,28-29H,3-7,16-20H2,1-2H3,(H,33,37)/t29-/m0/s1. The lowest BCUT2D eigenvalue weighted by Gasteiger charge is -2.32. The van der Waals surface area contributed by atoms with Crippen LogP contribution in [0.25, 0.3) is 11.1 Å². The molecule has 0 radical (unpaired) electrons. The second kappa shape index (κ2) is 11.9. The van der Waals surface area contributed by atoms with E-state index >= 15 is 0 Å². The molecule has 5 rings (SSSR count). The largest absolute Gasteiger partial charge is 0.338 e. The summed E-state index contributed by atoms with van der Waals surface area (Å²) in [6.45, 7) is 4.57. The molecule has 3 heterocycles. The van der Waals surface area contributed by atoms with Crippen LogP contribution in [0.4, 0.5) is 5.69 Å². The van der Waals surface area contributed by atoms with Crippen LogP contribution >= 0.6 is 0 Å². The maximum atomic E-state index is 13.2. The van der Waals surface area contributed by atoms with Gasteiger partial charge in [-0.3, -0.25) is 19.2 Å². The van der Waals surface area contributed by atoms with Crippen LogP contribution < -0.4 is 5.32 Å². The summed E-state index contributed by atoms with van der Waals surface area (Å²) < 4.78 is 1.94. The van der Waals surface area contributed by atoms with Gasteiger partial charge in [0.1, 0.15) is 0 Å². The number of likely N-dealkylation sites (N-methyl/N-ethyl adjacent to an activating group) is 1. The van der Waals surface area contributed by atoms with Crippen molar-refractivity contribution in [2.75, 3.05) is 32.0 Å². The number of likely N-dealkylation sites (tertiary alicyclic amines) is 2. The molecule has 2 amide bonds. The molecule has 2 saturated heterocycles. The quantitative estimate of drug-likeness (QED) is 0.438. The smallest absolute Gasteiger partial charge is 0.253 e. The van der Waals surface area contributed by atoms with E-state index in [0.717, 1.165) is 55.5 Å². The van der Waals surface area contributed by atoms with Crippen LogP contribution in [-0.2, 0) is 11.2 Å². The van der Waals surface area contributed by atoms with E-state index < -0.39 is 0 Å². The molecular formula is C31H39N5O2. The van der Waals surface area contributed by atoms with Crippen molar-refractivity contribution in [2.45, 2.75) is 64.0 Å². The first kappa shape index (κ1) is 26.2. The van der Waals surface area contributed by atoms with Gasteiger partial charge in [-0.05, 0) is 80.9 Å². The zero-order valence-electron chi connectivity index (χ0n) is 22.6. The number of piperidine rings is 1. The summed E-state index contributed by atoms with van der Waals surface area (Å²) in [5, 5.41) is 7.53. The van der Waals surface area contributed by atoms with Crippen LogP contribution in [0, 0.1) is 0 Å². The number of benzene rings is 2. The van der Waals surface area contributed by atoms with Gasteiger partial charge in [-0.1, -0.05) is 49.7 Å². The van der Waals surface area contributed by atoms with E-state index in [2.05, 4.69) is 46.5 Å². The first-order chi connectivity index (χ1) is 18.5. The molecule has 0 saturated carbocycles. The number of hydrogen-bond acceptors (Lipinski definition) is 4. The van der Waals surface area contributed by atoms with Gasteiger partial charge in [0.15, 0.2) is 0 Å². The molecule has 200 valence electrons. The number of nitrogens with zero attached hydrogens (tertiary/aromatic N) is 4. The number of carbonyl (C=O) groups excluding carboxylic acids is 2. The first-order valence-electron chi connectivity index (χ1n) is 14.1. The fraction of sp³-hybridized carbons (Fsp3) is 0.452. The Morgan fingerprint density at radius 1 is 0.947 bits per heavy atom. The summed E-state index contributed by atoms with van der Waals surface area (Å²) in [6, 6.07) is 16.9. The van der Waals surface area contributed by atoms with E-state index in [1.807, 2.05) is 47.1 Å². The fourth-order valence-electron chi connectivity index (χ4n) is 5.64. The van der Waals surface area contributed by atoms with Crippen molar-refractivity contribution < 1.29 is 9.59 Å². The highest BCUT2D eigenvalue weighted by Gasteiger charge is 2.29. The summed E-state index contributed by atoms with van der Waals surface area (Å²) in [4.78, 5) is 29.8. The molecule has 2 fully saturated rings. The van der Waals surface area contributed by atoms with Crippen LogP contribution in [0.1, 0.15) is 67.4 Å². The lowest BCUT2D eigenvalue weighted by Crippen LogP contribution is -2.39. The monoisotopic (exact) mass is 513 g/mol. The normalized spacial score (nSPS) is 18.6. The molecule has 1 aromatic heterocycles. The van der Waals surface area contributed by atoms with Gasteiger partial charge in [0.05, 0.1) is 24.0 Å². The molecule has 0 bridgehead atoms. The SMILES string of the molecule is CCCCc1ccc(-c2ccc(C(=O)N3CCC(n4cc(NC(=O)[C@@H]5CCCN5C)cn4)CC3)cc2)cc1. The van der Waals surface area contributed by atoms with Gasteiger partial charge in [0.25, 0.3) is 5.91 Å². The van der Waals surface area contributed by atoms with Crippen LogP contribution in [-0.4, -0.2) is 64.1 Å². The third-order valence-electron chi connectivity index (χ3n) is 8.06. The molecule has 3 aromatic rings. The first-order valence-corrected chi connectivity index (χ1v) is 14.1. The molecule has 38 heavy (non-hydrogen) atoms. The molecule has 0 aliphatic carbocycles. The third kappa shape index (κ3) is 5.99. The van der Waals surface area contributed by atoms with Crippen molar-refractivity contribution in [3.05, 3.63) is 72.1 Å². The predicted molar refractivity (Wildman–Crippen MR) is 151 cm³/mol.